The van der Waals surface area contributed by atoms with Gasteiger partial charge in [0.2, 0.25) is 11.8 Å². The highest BCUT2D eigenvalue weighted by Crippen LogP contribution is 2.21. The Morgan fingerprint density at radius 2 is 2.12 bits per heavy atom. The molecule has 2 aliphatic heterocycles. The second kappa shape index (κ2) is 8.08. The van der Waals surface area contributed by atoms with Gasteiger partial charge < -0.3 is 20.3 Å². The van der Waals surface area contributed by atoms with Gasteiger partial charge in [-0.15, -0.1) is 0 Å². The molecule has 0 radical (unpaired) electrons. The zero-order valence-corrected chi connectivity index (χ0v) is 15.1. The van der Waals surface area contributed by atoms with Crippen molar-refractivity contribution in [2.24, 2.45) is 0 Å². The van der Waals surface area contributed by atoms with E-state index < -0.39 is 6.04 Å². The third-order valence-electron chi connectivity index (χ3n) is 4.19. The first-order valence-corrected chi connectivity index (χ1v) is 8.83. The highest BCUT2D eigenvalue weighted by molar-refractivity contribution is 6.35. The molecule has 2 amide bonds. The Hall–Kier alpha value is -1.76. The van der Waals surface area contributed by atoms with E-state index in [0.717, 1.165) is 18.7 Å². The Balaban J connectivity index is 1.56. The lowest BCUT2D eigenvalue weighted by atomic mass is 10.1. The van der Waals surface area contributed by atoms with Crippen molar-refractivity contribution in [3.8, 4) is 0 Å². The molecule has 1 unspecified atom stereocenters. The summed E-state index contributed by atoms with van der Waals surface area (Å²) in [5.41, 5.74) is 1.39. The van der Waals surface area contributed by atoms with Gasteiger partial charge in [-0.3, -0.25) is 9.59 Å². The smallest absolute Gasteiger partial charge is 0.249 e. The van der Waals surface area contributed by atoms with E-state index in [2.05, 4.69) is 10.6 Å². The fraction of sp³-hybridized carbons (Fsp3) is 0.412. The fourth-order valence-electron chi connectivity index (χ4n) is 2.78. The first kappa shape index (κ1) is 18.0. The molecule has 0 spiro atoms. The van der Waals surface area contributed by atoms with Gasteiger partial charge >= 0.3 is 0 Å². The van der Waals surface area contributed by atoms with Crippen LogP contribution in [0.25, 0.3) is 0 Å². The molecular weight excluding hydrogens is 365 g/mol. The number of ether oxygens (including phenoxy) is 1. The molecule has 2 fully saturated rings. The van der Waals surface area contributed by atoms with Gasteiger partial charge in [0.1, 0.15) is 6.04 Å². The molecule has 3 rings (SSSR count). The van der Waals surface area contributed by atoms with Crippen molar-refractivity contribution < 1.29 is 14.3 Å². The number of hydrogen-bond donors (Lipinski definition) is 2. The monoisotopic (exact) mass is 383 g/mol. The normalized spacial score (nSPS) is 22.2. The van der Waals surface area contributed by atoms with Gasteiger partial charge in [-0.25, -0.2) is 0 Å². The van der Waals surface area contributed by atoms with Crippen molar-refractivity contribution >= 4 is 35.0 Å². The minimum atomic E-state index is -0.564. The number of benzene rings is 1. The van der Waals surface area contributed by atoms with Crippen molar-refractivity contribution in [3.05, 3.63) is 45.6 Å². The summed E-state index contributed by atoms with van der Waals surface area (Å²) in [4.78, 5) is 26.4. The van der Waals surface area contributed by atoms with Crippen LogP contribution in [0.1, 0.15) is 12.0 Å². The minimum absolute atomic E-state index is 0.198. The summed E-state index contributed by atoms with van der Waals surface area (Å²) in [7, 11) is 0. The Kier molecular flexibility index (Phi) is 5.83. The predicted molar refractivity (Wildman–Crippen MR) is 95.3 cm³/mol. The third kappa shape index (κ3) is 4.66. The quantitative estimate of drug-likeness (QED) is 0.776. The molecule has 0 aliphatic carbocycles. The van der Waals surface area contributed by atoms with Gasteiger partial charge in [-0.2, -0.15) is 0 Å². The Labute approximate surface area is 156 Å². The summed E-state index contributed by atoms with van der Waals surface area (Å²) < 4.78 is 5.29. The molecule has 6 nitrogen and oxygen atoms in total. The number of nitrogens with one attached hydrogen (secondary N) is 2. The Morgan fingerprint density at radius 3 is 2.84 bits per heavy atom. The average Bonchev–Trinajstić information content (AvgIpc) is 2.95. The molecule has 8 heteroatoms. The first-order valence-electron chi connectivity index (χ1n) is 8.08. The van der Waals surface area contributed by atoms with Crippen LogP contribution < -0.4 is 10.6 Å². The maximum atomic E-state index is 12.3. The van der Waals surface area contributed by atoms with E-state index in [4.69, 9.17) is 27.9 Å². The van der Waals surface area contributed by atoms with E-state index >= 15 is 0 Å². The van der Waals surface area contributed by atoms with Crippen LogP contribution >= 0.6 is 23.2 Å². The minimum Gasteiger partial charge on any atom is -0.378 e. The zero-order chi connectivity index (χ0) is 17.8. The molecule has 0 bridgehead atoms. The largest absolute Gasteiger partial charge is 0.378 e. The highest BCUT2D eigenvalue weighted by Gasteiger charge is 2.32. The van der Waals surface area contributed by atoms with E-state index in [1.807, 2.05) is 11.1 Å². The van der Waals surface area contributed by atoms with Gasteiger partial charge in [0.15, 0.2) is 0 Å². The van der Waals surface area contributed by atoms with Gasteiger partial charge in [0.25, 0.3) is 0 Å². The van der Waals surface area contributed by atoms with E-state index in [0.29, 0.717) is 35.3 Å². The fourth-order valence-corrected chi connectivity index (χ4v) is 3.26. The number of amides is 2. The molecule has 0 aromatic heterocycles. The Bertz CT molecular complexity index is 702. The summed E-state index contributed by atoms with van der Waals surface area (Å²) in [5.74, 6) is -0.430. The van der Waals surface area contributed by atoms with Gasteiger partial charge in [0.05, 0.1) is 13.2 Å². The molecular formula is C17H19Cl2N3O3. The van der Waals surface area contributed by atoms with Crippen LogP contribution in [0.4, 0.5) is 0 Å². The number of hydrogen-bond acceptors (Lipinski definition) is 4. The van der Waals surface area contributed by atoms with E-state index in [9.17, 15) is 9.59 Å². The molecule has 25 heavy (non-hydrogen) atoms. The maximum Gasteiger partial charge on any atom is 0.249 e. The number of rotatable bonds is 4. The maximum absolute atomic E-state index is 12.3. The summed E-state index contributed by atoms with van der Waals surface area (Å²) in [5, 5.41) is 6.57. The molecule has 1 aromatic carbocycles. The third-order valence-corrected chi connectivity index (χ3v) is 4.78. The summed E-state index contributed by atoms with van der Waals surface area (Å²) in [6.07, 6.45) is 2.21. The summed E-state index contributed by atoms with van der Waals surface area (Å²) in [6, 6.07) is 4.55. The number of carbonyl (C=O) groups is 2. The standard InChI is InChI=1S/C17H19Cl2N3O3/c18-13-2-1-11(14(19)8-13)9-20-17(24)15-7-12(16(23)21-15)10-22-3-5-25-6-4-22/h1-2,8,10,15H,3-7,9H2,(H,20,24)(H,21,23)/b12-10-. The number of carbonyl (C=O) groups excluding carboxylic acids is 2. The predicted octanol–water partition coefficient (Wildman–Crippen LogP) is 1.71. The summed E-state index contributed by atoms with van der Waals surface area (Å²) in [6.45, 7) is 3.09. The van der Waals surface area contributed by atoms with Crippen LogP contribution in [0.5, 0.6) is 0 Å². The van der Waals surface area contributed by atoms with Crippen LogP contribution in [0, 0.1) is 0 Å². The van der Waals surface area contributed by atoms with Crippen LogP contribution in [-0.4, -0.2) is 49.1 Å². The molecule has 134 valence electrons. The molecule has 0 saturated carbocycles. The van der Waals surface area contributed by atoms with Gasteiger partial charge in [0, 0.05) is 47.9 Å². The molecule has 2 N–H and O–H groups in total. The molecule has 1 aromatic rings. The van der Waals surface area contributed by atoms with Gasteiger partial charge in [-0.05, 0) is 17.7 Å². The second-order valence-electron chi connectivity index (χ2n) is 5.99. The van der Waals surface area contributed by atoms with E-state index in [-0.39, 0.29) is 18.4 Å². The molecule has 2 aliphatic rings. The van der Waals surface area contributed by atoms with E-state index in [1.165, 1.54) is 0 Å². The Morgan fingerprint density at radius 1 is 1.36 bits per heavy atom. The van der Waals surface area contributed by atoms with Crippen molar-refractivity contribution in [1.82, 2.24) is 15.5 Å². The SMILES string of the molecule is O=C1NC(C(=O)NCc2ccc(Cl)cc2Cl)C/C1=C/N1CCOCC1. The van der Waals surface area contributed by atoms with E-state index in [1.54, 1.807) is 18.2 Å². The molecule has 1 atom stereocenters. The summed E-state index contributed by atoms with van der Waals surface area (Å²) >= 11 is 12.0. The number of morpholine rings is 1. The highest BCUT2D eigenvalue weighted by atomic mass is 35.5. The van der Waals surface area contributed by atoms with Crippen LogP contribution in [0.3, 0.4) is 0 Å². The van der Waals surface area contributed by atoms with Crippen molar-refractivity contribution in [3.63, 3.8) is 0 Å². The number of halogens is 2. The first-order chi connectivity index (χ1) is 12.0. The average molecular weight is 384 g/mol. The lowest BCUT2D eigenvalue weighted by molar-refractivity contribution is -0.125. The van der Waals surface area contributed by atoms with Crippen molar-refractivity contribution in [2.45, 2.75) is 19.0 Å². The van der Waals surface area contributed by atoms with Gasteiger partial charge in [-0.1, -0.05) is 29.3 Å². The van der Waals surface area contributed by atoms with Crippen LogP contribution in [-0.2, 0) is 20.9 Å². The lowest BCUT2D eigenvalue weighted by Gasteiger charge is -2.25. The topological polar surface area (TPSA) is 70.7 Å². The second-order valence-corrected chi connectivity index (χ2v) is 6.83. The molecule has 2 saturated heterocycles. The van der Waals surface area contributed by atoms with Crippen LogP contribution in [0.15, 0.2) is 30.0 Å². The lowest BCUT2D eigenvalue weighted by Crippen LogP contribution is -2.41. The van der Waals surface area contributed by atoms with Crippen molar-refractivity contribution in [2.75, 3.05) is 26.3 Å². The zero-order valence-electron chi connectivity index (χ0n) is 13.6. The molecule has 2 heterocycles. The number of nitrogens with zero attached hydrogens (tertiary/aromatic N) is 1. The van der Waals surface area contributed by atoms with Crippen molar-refractivity contribution in [1.29, 1.82) is 0 Å². The van der Waals surface area contributed by atoms with Crippen LogP contribution in [0.2, 0.25) is 10.0 Å².